The Hall–Kier alpha value is -0.120. The number of nitrogens with zero attached hydrogens (tertiary/aromatic N) is 1. The molecule has 1 rings (SSSR count). The Morgan fingerprint density at radius 2 is 2.18 bits per heavy atom. The van der Waals surface area contributed by atoms with Gasteiger partial charge in [-0.3, -0.25) is 4.90 Å². The average molecular weight is 158 g/mol. The molecule has 1 heterocycles. The van der Waals surface area contributed by atoms with Gasteiger partial charge in [0.25, 0.3) is 0 Å². The van der Waals surface area contributed by atoms with E-state index in [0.29, 0.717) is 12.1 Å². The molecule has 2 atom stereocenters. The Kier molecular flexibility index (Phi) is 2.87. The highest BCUT2D eigenvalue weighted by atomic mass is 16.5. The third-order valence-electron chi connectivity index (χ3n) is 2.32. The van der Waals surface area contributed by atoms with E-state index in [1.54, 1.807) is 0 Å². The molecule has 0 aromatic rings. The molecule has 0 spiro atoms. The summed E-state index contributed by atoms with van der Waals surface area (Å²) in [7, 11) is 0. The average Bonchev–Trinajstić information content (AvgIpc) is 1.94. The second-order valence-electron chi connectivity index (χ2n) is 3.41. The molecule has 3 heteroatoms. The molecule has 66 valence electrons. The molecule has 1 aliphatic rings. The van der Waals surface area contributed by atoms with Crippen molar-refractivity contribution in [1.82, 2.24) is 4.90 Å². The number of nitrogens with two attached hydrogens (primary N) is 1. The minimum absolute atomic E-state index is 0.105. The van der Waals surface area contributed by atoms with Crippen molar-refractivity contribution < 1.29 is 4.74 Å². The van der Waals surface area contributed by atoms with Crippen molar-refractivity contribution in [2.75, 3.05) is 13.2 Å². The van der Waals surface area contributed by atoms with Crippen molar-refractivity contribution in [1.29, 1.82) is 0 Å². The van der Waals surface area contributed by atoms with Crippen molar-refractivity contribution in [3.05, 3.63) is 0 Å². The zero-order valence-electron chi connectivity index (χ0n) is 7.58. The monoisotopic (exact) mass is 158 g/mol. The van der Waals surface area contributed by atoms with Gasteiger partial charge in [-0.1, -0.05) is 0 Å². The standard InChI is InChI=1S/C8H18N2O/c1-6(2)10-4-5-11-8(9)7(10)3/h6-8H,4-5,9H2,1-3H3. The first-order valence-corrected chi connectivity index (χ1v) is 4.26. The summed E-state index contributed by atoms with van der Waals surface area (Å²) in [6, 6.07) is 0.920. The quantitative estimate of drug-likeness (QED) is 0.600. The second-order valence-corrected chi connectivity index (χ2v) is 3.41. The van der Waals surface area contributed by atoms with Crippen LogP contribution in [-0.4, -0.2) is 36.4 Å². The van der Waals surface area contributed by atoms with Crippen LogP contribution < -0.4 is 5.73 Å². The molecule has 0 bridgehead atoms. The number of hydrogen-bond donors (Lipinski definition) is 1. The van der Waals surface area contributed by atoms with Crippen LogP contribution in [0.25, 0.3) is 0 Å². The molecule has 0 aromatic carbocycles. The lowest BCUT2D eigenvalue weighted by Gasteiger charge is -2.39. The van der Waals surface area contributed by atoms with Gasteiger partial charge in [0, 0.05) is 18.6 Å². The van der Waals surface area contributed by atoms with Gasteiger partial charge in [-0.2, -0.15) is 0 Å². The summed E-state index contributed by atoms with van der Waals surface area (Å²) in [6.07, 6.45) is -0.105. The Balaban J connectivity index is 2.51. The number of ether oxygens (including phenoxy) is 1. The molecule has 2 N–H and O–H groups in total. The molecule has 0 amide bonds. The maximum Gasteiger partial charge on any atom is 0.121 e. The summed E-state index contributed by atoms with van der Waals surface area (Å²) in [4.78, 5) is 2.37. The first kappa shape index (κ1) is 8.97. The molecular formula is C8H18N2O. The zero-order chi connectivity index (χ0) is 8.43. The lowest BCUT2D eigenvalue weighted by atomic mass is 10.1. The van der Waals surface area contributed by atoms with Gasteiger partial charge in [0.1, 0.15) is 6.23 Å². The third-order valence-corrected chi connectivity index (χ3v) is 2.32. The number of rotatable bonds is 1. The SMILES string of the molecule is CC(C)N1CCOC(N)C1C. The topological polar surface area (TPSA) is 38.5 Å². The first-order valence-electron chi connectivity index (χ1n) is 4.26. The van der Waals surface area contributed by atoms with E-state index in [1.165, 1.54) is 0 Å². The van der Waals surface area contributed by atoms with Crippen LogP contribution in [-0.2, 0) is 4.74 Å². The fourth-order valence-corrected chi connectivity index (χ4v) is 1.55. The molecule has 0 aliphatic carbocycles. The molecule has 2 unspecified atom stereocenters. The van der Waals surface area contributed by atoms with Gasteiger partial charge in [0.05, 0.1) is 6.61 Å². The Morgan fingerprint density at radius 3 is 2.64 bits per heavy atom. The lowest BCUT2D eigenvalue weighted by Crippen LogP contribution is -2.55. The van der Waals surface area contributed by atoms with E-state index >= 15 is 0 Å². The number of morpholine rings is 1. The van der Waals surface area contributed by atoms with E-state index in [4.69, 9.17) is 10.5 Å². The molecule has 1 aliphatic heterocycles. The van der Waals surface area contributed by atoms with Crippen molar-refractivity contribution in [2.24, 2.45) is 5.73 Å². The van der Waals surface area contributed by atoms with Gasteiger partial charge in [-0.25, -0.2) is 0 Å². The summed E-state index contributed by atoms with van der Waals surface area (Å²) in [5, 5.41) is 0. The van der Waals surface area contributed by atoms with Crippen LogP contribution in [0.15, 0.2) is 0 Å². The maximum absolute atomic E-state index is 5.74. The van der Waals surface area contributed by atoms with Crippen molar-refractivity contribution in [2.45, 2.75) is 39.1 Å². The first-order chi connectivity index (χ1) is 5.13. The van der Waals surface area contributed by atoms with E-state index in [2.05, 4.69) is 25.7 Å². The molecule has 1 saturated heterocycles. The molecule has 0 saturated carbocycles. The van der Waals surface area contributed by atoms with Crippen molar-refractivity contribution in [3.63, 3.8) is 0 Å². The molecule has 3 nitrogen and oxygen atoms in total. The molecule has 1 fully saturated rings. The third kappa shape index (κ3) is 1.92. The van der Waals surface area contributed by atoms with E-state index in [1.807, 2.05) is 0 Å². The van der Waals surface area contributed by atoms with E-state index < -0.39 is 0 Å². The minimum Gasteiger partial charge on any atom is -0.361 e. The highest BCUT2D eigenvalue weighted by Crippen LogP contribution is 2.12. The van der Waals surface area contributed by atoms with Gasteiger partial charge in [-0.15, -0.1) is 0 Å². The van der Waals surface area contributed by atoms with Crippen LogP contribution in [0.2, 0.25) is 0 Å². The molecule has 0 radical (unpaired) electrons. The van der Waals surface area contributed by atoms with Crippen LogP contribution in [0.1, 0.15) is 20.8 Å². The van der Waals surface area contributed by atoms with Gasteiger partial charge in [0.15, 0.2) is 0 Å². The molecular weight excluding hydrogens is 140 g/mol. The summed E-state index contributed by atoms with van der Waals surface area (Å²) in [5.41, 5.74) is 5.74. The van der Waals surface area contributed by atoms with Crippen LogP contribution in [0, 0.1) is 0 Å². The van der Waals surface area contributed by atoms with E-state index in [-0.39, 0.29) is 6.23 Å². The van der Waals surface area contributed by atoms with Gasteiger partial charge >= 0.3 is 0 Å². The largest absolute Gasteiger partial charge is 0.361 e. The fraction of sp³-hybridized carbons (Fsp3) is 1.00. The Labute approximate surface area is 68.5 Å². The summed E-state index contributed by atoms with van der Waals surface area (Å²) < 4.78 is 5.31. The van der Waals surface area contributed by atoms with Crippen LogP contribution in [0.4, 0.5) is 0 Å². The summed E-state index contributed by atoms with van der Waals surface area (Å²) in [6.45, 7) is 8.27. The highest BCUT2D eigenvalue weighted by molar-refractivity contribution is 4.78. The number of hydrogen-bond acceptors (Lipinski definition) is 3. The van der Waals surface area contributed by atoms with Crippen molar-refractivity contribution in [3.8, 4) is 0 Å². The normalized spacial score (nSPS) is 34.6. The van der Waals surface area contributed by atoms with Crippen LogP contribution in [0.5, 0.6) is 0 Å². The van der Waals surface area contributed by atoms with Gasteiger partial charge < -0.3 is 10.5 Å². The van der Waals surface area contributed by atoms with E-state index in [0.717, 1.165) is 13.2 Å². The van der Waals surface area contributed by atoms with Gasteiger partial charge in [-0.05, 0) is 20.8 Å². The second kappa shape index (κ2) is 3.52. The maximum atomic E-state index is 5.74. The Bertz CT molecular complexity index is 127. The lowest BCUT2D eigenvalue weighted by molar-refractivity contribution is -0.0721. The zero-order valence-corrected chi connectivity index (χ0v) is 7.58. The predicted octanol–water partition coefficient (Wildman–Crippen LogP) is 0.400. The molecule has 11 heavy (non-hydrogen) atoms. The van der Waals surface area contributed by atoms with Crippen LogP contribution >= 0.6 is 0 Å². The highest BCUT2D eigenvalue weighted by Gasteiger charge is 2.27. The summed E-state index contributed by atoms with van der Waals surface area (Å²) >= 11 is 0. The summed E-state index contributed by atoms with van der Waals surface area (Å²) in [5.74, 6) is 0. The smallest absolute Gasteiger partial charge is 0.121 e. The minimum atomic E-state index is -0.105. The van der Waals surface area contributed by atoms with Crippen LogP contribution in [0.3, 0.4) is 0 Å². The molecule has 0 aromatic heterocycles. The Morgan fingerprint density at radius 1 is 1.55 bits per heavy atom. The predicted molar refractivity (Wildman–Crippen MR) is 45.2 cm³/mol. The van der Waals surface area contributed by atoms with Crippen molar-refractivity contribution >= 4 is 0 Å². The van der Waals surface area contributed by atoms with Gasteiger partial charge in [0.2, 0.25) is 0 Å². The van der Waals surface area contributed by atoms with E-state index in [9.17, 15) is 0 Å². The fourth-order valence-electron chi connectivity index (χ4n) is 1.55.